The van der Waals surface area contributed by atoms with Crippen molar-refractivity contribution in [1.29, 1.82) is 0 Å². The lowest BCUT2D eigenvalue weighted by molar-refractivity contribution is -0.271. The lowest BCUT2D eigenvalue weighted by Gasteiger charge is -2.38. The summed E-state index contributed by atoms with van der Waals surface area (Å²) in [6.07, 6.45) is -9.29. The van der Waals surface area contributed by atoms with E-state index in [1.54, 1.807) is 0 Å². The lowest BCUT2D eigenvalue weighted by Crippen LogP contribution is -2.61. The van der Waals surface area contributed by atoms with Gasteiger partial charge in [-0.05, 0) is 18.2 Å². The number of fused-ring (bicyclic) bond motifs is 1. The minimum absolute atomic E-state index is 0.0159. The maximum Gasteiger partial charge on any atom is 0.335 e. The van der Waals surface area contributed by atoms with E-state index in [0.29, 0.717) is 0 Å². The van der Waals surface area contributed by atoms with Gasteiger partial charge in [0.2, 0.25) is 6.29 Å². The molecule has 1 aliphatic rings. The number of aliphatic hydroxyl groups excluding tert-OH is 3. The van der Waals surface area contributed by atoms with Gasteiger partial charge < -0.3 is 49.6 Å². The first-order chi connectivity index (χ1) is 15.6. The van der Waals surface area contributed by atoms with Gasteiger partial charge in [-0.25, -0.2) is 4.79 Å². The fourth-order valence-corrected chi connectivity index (χ4v) is 3.41. The third-order valence-corrected chi connectivity index (χ3v) is 5.11. The van der Waals surface area contributed by atoms with Crippen molar-refractivity contribution in [1.82, 2.24) is 0 Å². The summed E-state index contributed by atoms with van der Waals surface area (Å²) in [4.78, 5) is 23.8. The SMILES string of the molecule is O=C(O)C1O[C@@H](Oc2cc(O)c3c(=O)cc(-c4ccc(O)c(O)c4)oc3c2)C(O)[C@@H](O)[C@@H]1O. The number of hydrogen-bond donors (Lipinski definition) is 7. The maximum atomic E-state index is 12.5. The summed E-state index contributed by atoms with van der Waals surface area (Å²) >= 11 is 0. The number of ether oxygens (including phenoxy) is 2. The highest BCUT2D eigenvalue weighted by Gasteiger charge is 2.48. The van der Waals surface area contributed by atoms with E-state index in [9.17, 15) is 40.2 Å². The van der Waals surface area contributed by atoms with Gasteiger partial charge in [-0.2, -0.15) is 0 Å². The molecule has 7 N–H and O–H groups in total. The minimum atomic E-state index is -1.91. The number of hydrogen-bond acceptors (Lipinski definition) is 11. The Labute approximate surface area is 183 Å². The normalized spacial score (nSPS) is 25.1. The molecule has 174 valence electrons. The van der Waals surface area contributed by atoms with Crippen LogP contribution in [0.4, 0.5) is 0 Å². The Morgan fingerprint density at radius 3 is 2.27 bits per heavy atom. The highest BCUT2D eigenvalue weighted by molar-refractivity contribution is 5.86. The summed E-state index contributed by atoms with van der Waals surface area (Å²) in [5.41, 5.74) is -0.565. The summed E-state index contributed by atoms with van der Waals surface area (Å²) in [5.74, 6) is -3.22. The Morgan fingerprint density at radius 2 is 1.61 bits per heavy atom. The number of aliphatic hydroxyl groups is 3. The summed E-state index contributed by atoms with van der Waals surface area (Å²) in [7, 11) is 0. The Balaban J connectivity index is 1.72. The van der Waals surface area contributed by atoms with Gasteiger partial charge in [-0.3, -0.25) is 4.79 Å². The average molecular weight is 462 g/mol. The molecule has 0 spiro atoms. The van der Waals surface area contributed by atoms with E-state index in [-0.39, 0.29) is 33.8 Å². The molecule has 2 unspecified atom stereocenters. The first kappa shape index (κ1) is 22.4. The van der Waals surface area contributed by atoms with Crippen molar-refractivity contribution < 1.29 is 54.4 Å². The molecule has 1 saturated heterocycles. The predicted octanol–water partition coefficient (Wildman–Crippen LogP) is -0.152. The summed E-state index contributed by atoms with van der Waals surface area (Å²) < 4.78 is 16.0. The van der Waals surface area contributed by atoms with Gasteiger partial charge in [-0.1, -0.05) is 0 Å². The van der Waals surface area contributed by atoms with Crippen molar-refractivity contribution in [3.63, 3.8) is 0 Å². The number of benzene rings is 2. The van der Waals surface area contributed by atoms with E-state index in [0.717, 1.165) is 24.3 Å². The van der Waals surface area contributed by atoms with Crippen LogP contribution in [0.2, 0.25) is 0 Å². The van der Waals surface area contributed by atoms with Crippen LogP contribution in [0, 0.1) is 0 Å². The number of phenolic OH excluding ortho intramolecular Hbond substituents is 3. The second kappa shape index (κ2) is 8.26. The summed E-state index contributed by atoms with van der Waals surface area (Å²) in [6, 6.07) is 6.94. The van der Waals surface area contributed by atoms with Crippen molar-refractivity contribution in [3.8, 4) is 34.3 Å². The van der Waals surface area contributed by atoms with E-state index in [1.165, 1.54) is 12.1 Å². The van der Waals surface area contributed by atoms with Crippen molar-refractivity contribution in [2.75, 3.05) is 0 Å². The van der Waals surface area contributed by atoms with E-state index < -0.39 is 53.6 Å². The van der Waals surface area contributed by atoms with Crippen molar-refractivity contribution in [2.24, 2.45) is 0 Å². The highest BCUT2D eigenvalue weighted by Crippen LogP contribution is 2.35. The van der Waals surface area contributed by atoms with E-state index in [2.05, 4.69) is 0 Å². The molecule has 12 nitrogen and oxygen atoms in total. The van der Waals surface area contributed by atoms with Crippen LogP contribution in [-0.2, 0) is 9.53 Å². The van der Waals surface area contributed by atoms with Gasteiger partial charge in [0.05, 0.1) is 0 Å². The second-order valence-corrected chi connectivity index (χ2v) is 7.35. The molecule has 3 aromatic rings. The van der Waals surface area contributed by atoms with E-state index in [4.69, 9.17) is 19.0 Å². The quantitative estimate of drug-likeness (QED) is 0.253. The first-order valence-electron chi connectivity index (χ1n) is 9.49. The van der Waals surface area contributed by atoms with Crippen molar-refractivity contribution in [3.05, 3.63) is 46.6 Å². The monoisotopic (exact) mass is 462 g/mol. The fraction of sp³-hybridized carbons (Fsp3) is 0.238. The van der Waals surface area contributed by atoms with Gasteiger partial charge in [-0.15, -0.1) is 0 Å². The van der Waals surface area contributed by atoms with Crippen LogP contribution in [0.5, 0.6) is 23.0 Å². The molecule has 4 rings (SSSR count). The zero-order valence-electron chi connectivity index (χ0n) is 16.5. The molecular formula is C21H18O12. The third-order valence-electron chi connectivity index (χ3n) is 5.11. The first-order valence-corrected chi connectivity index (χ1v) is 9.49. The molecule has 2 heterocycles. The number of aromatic hydroxyl groups is 3. The zero-order chi connectivity index (χ0) is 24.0. The van der Waals surface area contributed by atoms with Gasteiger partial charge in [0.25, 0.3) is 0 Å². The Hall–Kier alpha value is -3.84. The molecule has 33 heavy (non-hydrogen) atoms. The average Bonchev–Trinajstić information content (AvgIpc) is 2.75. The minimum Gasteiger partial charge on any atom is -0.507 e. The number of carbonyl (C=O) groups is 1. The van der Waals surface area contributed by atoms with Crippen molar-refractivity contribution >= 4 is 16.9 Å². The molecule has 0 bridgehead atoms. The molecule has 1 aliphatic heterocycles. The summed E-state index contributed by atoms with van der Waals surface area (Å²) in [6.45, 7) is 0. The van der Waals surface area contributed by atoms with Crippen LogP contribution in [0.3, 0.4) is 0 Å². The van der Waals surface area contributed by atoms with Crippen molar-refractivity contribution in [2.45, 2.75) is 30.7 Å². The molecule has 1 aromatic heterocycles. The Bertz CT molecular complexity index is 1280. The summed E-state index contributed by atoms with van der Waals surface area (Å²) in [5, 5.41) is 68.2. The number of carboxylic acids is 1. The van der Waals surface area contributed by atoms with E-state index >= 15 is 0 Å². The largest absolute Gasteiger partial charge is 0.507 e. The molecule has 0 amide bonds. The molecule has 0 aliphatic carbocycles. The van der Waals surface area contributed by atoms with Crippen LogP contribution < -0.4 is 10.2 Å². The molecule has 0 saturated carbocycles. The number of phenols is 3. The van der Waals surface area contributed by atoms with Crippen LogP contribution in [0.15, 0.2) is 45.6 Å². The molecule has 0 radical (unpaired) electrons. The third kappa shape index (κ3) is 4.03. The second-order valence-electron chi connectivity index (χ2n) is 7.35. The van der Waals surface area contributed by atoms with Crippen LogP contribution in [0.25, 0.3) is 22.3 Å². The van der Waals surface area contributed by atoms with Gasteiger partial charge >= 0.3 is 5.97 Å². The van der Waals surface area contributed by atoms with Gasteiger partial charge in [0, 0.05) is 23.8 Å². The van der Waals surface area contributed by atoms with Crippen LogP contribution in [0.1, 0.15) is 0 Å². The Morgan fingerprint density at radius 1 is 0.879 bits per heavy atom. The fourth-order valence-electron chi connectivity index (χ4n) is 3.41. The number of aliphatic carboxylic acids is 1. The number of carboxylic acid groups (broad SMARTS) is 1. The molecular weight excluding hydrogens is 444 g/mol. The van der Waals surface area contributed by atoms with Crippen LogP contribution in [-0.4, -0.2) is 72.4 Å². The van der Waals surface area contributed by atoms with Crippen LogP contribution >= 0.6 is 0 Å². The van der Waals surface area contributed by atoms with Gasteiger partial charge in [0.1, 0.15) is 46.5 Å². The Kier molecular flexibility index (Phi) is 5.59. The standard InChI is InChI=1S/C21H18O12/c22-9-2-1-7(3-10(9)23)13-6-12(25)15-11(24)4-8(5-14(15)32-13)31-21-18(28)16(26)17(27)19(33-21)20(29)30/h1-6,16-19,21-24,26-28H,(H,29,30)/t16-,17-,18?,19?,21+/m0/s1. The predicted molar refractivity (Wildman–Crippen MR) is 108 cm³/mol. The van der Waals surface area contributed by atoms with Gasteiger partial charge in [0.15, 0.2) is 23.0 Å². The lowest BCUT2D eigenvalue weighted by atomic mass is 9.99. The molecule has 1 fully saturated rings. The zero-order valence-corrected chi connectivity index (χ0v) is 16.5. The van der Waals surface area contributed by atoms with E-state index in [1.807, 2.05) is 0 Å². The highest BCUT2D eigenvalue weighted by atomic mass is 16.7. The molecule has 12 heteroatoms. The topological polar surface area (TPSA) is 207 Å². The number of rotatable bonds is 4. The molecule has 5 atom stereocenters. The maximum absolute atomic E-state index is 12.5. The smallest absolute Gasteiger partial charge is 0.335 e. The molecule has 2 aromatic carbocycles.